The number of hydrogen-bond donors (Lipinski definition) is 2. The van der Waals surface area contributed by atoms with Crippen molar-refractivity contribution in [2.45, 2.75) is 32.6 Å². The Hall–Kier alpha value is -1.85. The predicted octanol–water partition coefficient (Wildman–Crippen LogP) is 3.27. The van der Waals surface area contributed by atoms with Crippen LogP contribution in [0.2, 0.25) is 0 Å². The molecule has 2 rings (SSSR count). The lowest BCUT2D eigenvalue weighted by Gasteiger charge is -2.26. The summed E-state index contributed by atoms with van der Waals surface area (Å²) in [4.78, 5) is 14.9. The minimum Gasteiger partial charge on any atom is -0.373 e. The molecule has 6 heteroatoms. The van der Waals surface area contributed by atoms with Gasteiger partial charge in [0.25, 0.3) is 0 Å². The van der Waals surface area contributed by atoms with Crippen molar-refractivity contribution in [3.05, 3.63) is 22.2 Å². The van der Waals surface area contributed by atoms with Gasteiger partial charge in [-0.3, -0.25) is 10.1 Å². The Bertz CT molecular complexity index is 478. The van der Waals surface area contributed by atoms with Crippen molar-refractivity contribution in [2.75, 3.05) is 24.2 Å². The van der Waals surface area contributed by atoms with E-state index in [-0.39, 0.29) is 5.69 Å². The number of nitrogens with zero attached hydrogens (tertiary/aromatic N) is 2. The van der Waals surface area contributed by atoms with E-state index in [2.05, 4.69) is 22.5 Å². The molecule has 1 saturated carbocycles. The summed E-state index contributed by atoms with van der Waals surface area (Å²) in [5, 5.41) is 17.1. The Morgan fingerprint density at radius 3 is 2.90 bits per heavy atom. The average Bonchev–Trinajstić information content (AvgIpc) is 2.44. The van der Waals surface area contributed by atoms with Gasteiger partial charge in [-0.25, -0.2) is 4.98 Å². The van der Waals surface area contributed by atoms with Crippen molar-refractivity contribution >= 4 is 17.3 Å². The van der Waals surface area contributed by atoms with Crippen LogP contribution in [0, 0.1) is 22.0 Å². The smallest absolute Gasteiger partial charge is 0.311 e. The zero-order valence-corrected chi connectivity index (χ0v) is 12.1. The third kappa shape index (κ3) is 3.59. The Morgan fingerprint density at radius 2 is 2.25 bits per heavy atom. The zero-order valence-electron chi connectivity index (χ0n) is 12.1. The largest absolute Gasteiger partial charge is 0.373 e. The van der Waals surface area contributed by atoms with Crippen LogP contribution < -0.4 is 10.6 Å². The molecule has 0 bridgehead atoms. The van der Waals surface area contributed by atoms with E-state index in [1.165, 1.54) is 31.7 Å². The van der Waals surface area contributed by atoms with Gasteiger partial charge in [-0.15, -0.1) is 0 Å². The van der Waals surface area contributed by atoms with Crippen molar-refractivity contribution in [1.82, 2.24) is 4.98 Å². The molecular weight excluding hydrogens is 256 g/mol. The molecule has 0 amide bonds. The van der Waals surface area contributed by atoms with E-state index in [0.717, 1.165) is 12.5 Å². The number of nitro groups is 1. The monoisotopic (exact) mass is 278 g/mol. The second kappa shape index (κ2) is 6.54. The average molecular weight is 278 g/mol. The fourth-order valence-electron chi connectivity index (χ4n) is 2.85. The number of anilines is 2. The van der Waals surface area contributed by atoms with E-state index in [1.54, 1.807) is 13.1 Å². The highest BCUT2D eigenvalue weighted by molar-refractivity contribution is 5.60. The van der Waals surface area contributed by atoms with Gasteiger partial charge in [-0.05, 0) is 30.7 Å². The highest BCUT2D eigenvalue weighted by atomic mass is 16.6. The number of rotatable bonds is 5. The molecule has 2 N–H and O–H groups in total. The van der Waals surface area contributed by atoms with E-state index in [9.17, 15) is 10.1 Å². The van der Waals surface area contributed by atoms with Crippen molar-refractivity contribution < 1.29 is 4.92 Å². The van der Waals surface area contributed by atoms with Gasteiger partial charge < -0.3 is 10.6 Å². The molecule has 1 aliphatic carbocycles. The summed E-state index contributed by atoms with van der Waals surface area (Å²) in [7, 11) is 1.75. The lowest BCUT2D eigenvalue weighted by molar-refractivity contribution is -0.384. The van der Waals surface area contributed by atoms with E-state index in [1.807, 2.05) is 0 Å². The van der Waals surface area contributed by atoms with Gasteiger partial charge in [0, 0.05) is 19.7 Å². The first kappa shape index (κ1) is 14.6. The van der Waals surface area contributed by atoms with Gasteiger partial charge in [0.2, 0.25) is 5.82 Å². The zero-order chi connectivity index (χ0) is 14.5. The van der Waals surface area contributed by atoms with Crippen molar-refractivity contribution in [2.24, 2.45) is 11.8 Å². The normalized spacial score (nSPS) is 22.3. The van der Waals surface area contributed by atoms with Gasteiger partial charge in [0.1, 0.15) is 5.82 Å². The fraction of sp³-hybridized carbons (Fsp3) is 0.643. The van der Waals surface area contributed by atoms with Crippen LogP contribution in [0.15, 0.2) is 12.1 Å². The lowest BCUT2D eigenvalue weighted by atomic mass is 9.82. The summed E-state index contributed by atoms with van der Waals surface area (Å²) in [5.74, 6) is 2.33. The number of hydrogen-bond acceptors (Lipinski definition) is 5. The molecule has 0 aromatic carbocycles. The van der Waals surface area contributed by atoms with Crippen LogP contribution in [0.25, 0.3) is 0 Å². The third-order valence-electron chi connectivity index (χ3n) is 3.93. The van der Waals surface area contributed by atoms with Crippen LogP contribution in [-0.2, 0) is 0 Å². The second-order valence-electron chi connectivity index (χ2n) is 5.59. The van der Waals surface area contributed by atoms with Crippen molar-refractivity contribution in [3.63, 3.8) is 0 Å². The van der Waals surface area contributed by atoms with E-state index >= 15 is 0 Å². The van der Waals surface area contributed by atoms with Crippen molar-refractivity contribution in [1.29, 1.82) is 0 Å². The summed E-state index contributed by atoms with van der Waals surface area (Å²) < 4.78 is 0. The molecule has 1 aromatic heterocycles. The molecule has 0 saturated heterocycles. The molecule has 110 valence electrons. The molecule has 1 aliphatic rings. The summed E-state index contributed by atoms with van der Waals surface area (Å²) in [6.07, 6.45) is 4.92. The molecule has 0 spiro atoms. The Kier molecular flexibility index (Phi) is 4.76. The number of nitrogens with one attached hydrogen (secondary N) is 2. The molecular formula is C14H22N4O2. The molecule has 6 nitrogen and oxygen atoms in total. The molecule has 0 aliphatic heterocycles. The van der Waals surface area contributed by atoms with Gasteiger partial charge in [0.05, 0.1) is 4.92 Å². The maximum absolute atomic E-state index is 11.0. The molecule has 2 atom stereocenters. The first-order valence-electron chi connectivity index (χ1n) is 7.17. The second-order valence-corrected chi connectivity index (χ2v) is 5.59. The van der Waals surface area contributed by atoms with Gasteiger partial charge in [-0.2, -0.15) is 0 Å². The van der Waals surface area contributed by atoms with Gasteiger partial charge in [-0.1, -0.05) is 19.8 Å². The van der Waals surface area contributed by atoms with Crippen LogP contribution in [0.1, 0.15) is 32.6 Å². The number of pyridine rings is 1. The summed E-state index contributed by atoms with van der Waals surface area (Å²) in [6.45, 7) is 3.03. The Morgan fingerprint density at radius 1 is 1.45 bits per heavy atom. The standard InChI is InChI=1S/C14H22N4O2/c1-10-4-3-5-11(8-10)9-16-14-12(18(19)20)6-7-13(15-2)17-14/h6-7,10-11H,3-5,8-9H2,1-2H3,(H2,15,16,17). The van der Waals surface area contributed by atoms with Crippen LogP contribution in [0.3, 0.4) is 0 Å². The van der Waals surface area contributed by atoms with Crippen LogP contribution in [-0.4, -0.2) is 23.5 Å². The van der Waals surface area contributed by atoms with Crippen molar-refractivity contribution in [3.8, 4) is 0 Å². The minimum atomic E-state index is -0.391. The minimum absolute atomic E-state index is 0.0351. The predicted molar refractivity (Wildman–Crippen MR) is 80.0 cm³/mol. The van der Waals surface area contributed by atoms with Gasteiger partial charge in [0.15, 0.2) is 0 Å². The van der Waals surface area contributed by atoms with Crippen LogP contribution in [0.5, 0.6) is 0 Å². The summed E-state index contributed by atoms with van der Waals surface area (Å²) >= 11 is 0. The van der Waals surface area contributed by atoms with E-state index in [4.69, 9.17) is 0 Å². The molecule has 20 heavy (non-hydrogen) atoms. The van der Waals surface area contributed by atoms with Crippen LogP contribution in [0.4, 0.5) is 17.3 Å². The van der Waals surface area contributed by atoms with E-state index < -0.39 is 4.92 Å². The fourth-order valence-corrected chi connectivity index (χ4v) is 2.85. The van der Waals surface area contributed by atoms with Gasteiger partial charge >= 0.3 is 5.69 Å². The molecule has 1 fully saturated rings. The molecule has 2 unspecified atom stereocenters. The first-order chi connectivity index (χ1) is 9.60. The maximum atomic E-state index is 11.0. The summed E-state index contributed by atoms with van der Waals surface area (Å²) in [6, 6.07) is 3.11. The lowest BCUT2D eigenvalue weighted by Crippen LogP contribution is -2.21. The Labute approximate surface area is 119 Å². The Balaban J connectivity index is 2.05. The van der Waals surface area contributed by atoms with Crippen LogP contribution >= 0.6 is 0 Å². The molecule has 1 heterocycles. The molecule has 0 radical (unpaired) electrons. The molecule has 1 aromatic rings. The van der Waals surface area contributed by atoms with E-state index in [0.29, 0.717) is 17.6 Å². The third-order valence-corrected chi connectivity index (χ3v) is 3.93. The SMILES string of the molecule is CNc1ccc([N+](=O)[O-])c(NCC2CCCC(C)C2)n1. The maximum Gasteiger partial charge on any atom is 0.311 e. The quantitative estimate of drug-likeness (QED) is 0.638. The first-order valence-corrected chi connectivity index (χ1v) is 7.17. The highest BCUT2D eigenvalue weighted by Gasteiger charge is 2.21. The number of aromatic nitrogens is 1. The summed E-state index contributed by atoms with van der Waals surface area (Å²) in [5.41, 5.74) is 0.0351. The highest BCUT2D eigenvalue weighted by Crippen LogP contribution is 2.30. The topological polar surface area (TPSA) is 80.1 Å².